The molecule has 6 nitrogen and oxygen atoms in total. The van der Waals surface area contributed by atoms with Gasteiger partial charge in [0.25, 0.3) is 0 Å². The monoisotopic (exact) mass is 562 g/mol. The van der Waals surface area contributed by atoms with Crippen molar-refractivity contribution in [3.63, 3.8) is 0 Å². The highest BCUT2D eigenvalue weighted by Gasteiger charge is 2.23. The Hall–Kier alpha value is -2.37. The van der Waals surface area contributed by atoms with Crippen molar-refractivity contribution < 1.29 is 28.5 Å². The predicted molar refractivity (Wildman–Crippen MR) is 166 cm³/mol. The van der Waals surface area contributed by atoms with Crippen LogP contribution in [0.2, 0.25) is 0 Å². The first-order valence-electron chi connectivity index (χ1n) is 16.1. The Labute approximate surface area is 245 Å². The summed E-state index contributed by atoms with van der Waals surface area (Å²) in [6.45, 7) is 11.1. The Morgan fingerprint density at radius 1 is 0.575 bits per heavy atom. The second-order valence-corrected chi connectivity index (χ2v) is 10.4. The van der Waals surface area contributed by atoms with E-state index in [-0.39, 0.29) is 0 Å². The number of carbonyl (C=O) groups excluding carboxylic acids is 1. The van der Waals surface area contributed by atoms with E-state index in [0.717, 1.165) is 57.8 Å². The Morgan fingerprint density at radius 3 is 1.45 bits per heavy atom. The minimum absolute atomic E-state index is 0.430. The normalized spacial score (nSPS) is 11.1. The fourth-order valence-corrected chi connectivity index (χ4v) is 4.32. The molecule has 6 heteroatoms. The van der Waals surface area contributed by atoms with Gasteiger partial charge in [0.1, 0.15) is 5.75 Å². The summed E-state index contributed by atoms with van der Waals surface area (Å²) in [7, 11) is 1.38. The van der Waals surface area contributed by atoms with Gasteiger partial charge in [-0.2, -0.15) is 0 Å². The van der Waals surface area contributed by atoms with Gasteiger partial charge >= 0.3 is 5.97 Å². The smallest absolute Gasteiger partial charge is 0.330 e. The summed E-state index contributed by atoms with van der Waals surface area (Å²) in [6, 6.07) is 1.92. The maximum atomic E-state index is 12.1. The van der Waals surface area contributed by atoms with Crippen molar-refractivity contribution in [2.45, 2.75) is 130 Å². The summed E-state index contributed by atoms with van der Waals surface area (Å²) in [5.74, 6) is 2.05. The molecule has 0 bridgehead atoms. The summed E-state index contributed by atoms with van der Waals surface area (Å²) in [5.41, 5.74) is 0.693. The number of unbranched alkanes of at least 4 members (excludes halogenated alkanes) is 12. The van der Waals surface area contributed by atoms with Gasteiger partial charge in [-0.1, -0.05) is 105 Å². The average molecular weight is 563 g/mol. The SMILES string of the molecule is CCCCCCOc1cc(OCCCCCC)c(OCCCCCC)c(OCCCCCC)c1C=CC(=O)OC. The molecule has 0 aromatic heterocycles. The second kappa shape index (κ2) is 24.4. The van der Waals surface area contributed by atoms with Crippen LogP contribution in [0.1, 0.15) is 136 Å². The lowest BCUT2D eigenvalue weighted by atomic mass is 10.1. The summed E-state index contributed by atoms with van der Waals surface area (Å²) >= 11 is 0. The van der Waals surface area contributed by atoms with Gasteiger partial charge in [-0.25, -0.2) is 4.79 Å². The Morgan fingerprint density at radius 2 is 1.00 bits per heavy atom. The Kier molecular flexibility index (Phi) is 21.8. The lowest BCUT2D eigenvalue weighted by Gasteiger charge is -2.22. The van der Waals surface area contributed by atoms with Gasteiger partial charge < -0.3 is 23.7 Å². The van der Waals surface area contributed by atoms with Gasteiger partial charge in [0.2, 0.25) is 5.75 Å². The van der Waals surface area contributed by atoms with Crippen LogP contribution in [0.25, 0.3) is 6.08 Å². The van der Waals surface area contributed by atoms with Gasteiger partial charge in [0.15, 0.2) is 11.5 Å². The van der Waals surface area contributed by atoms with Crippen molar-refractivity contribution in [1.82, 2.24) is 0 Å². The van der Waals surface area contributed by atoms with Crippen molar-refractivity contribution in [2.75, 3.05) is 33.5 Å². The molecule has 230 valence electrons. The van der Waals surface area contributed by atoms with Crippen LogP contribution in [0.15, 0.2) is 12.1 Å². The maximum Gasteiger partial charge on any atom is 0.330 e. The van der Waals surface area contributed by atoms with E-state index in [1.165, 1.54) is 58.1 Å². The second-order valence-electron chi connectivity index (χ2n) is 10.4. The molecule has 0 aliphatic heterocycles. The van der Waals surface area contributed by atoms with Crippen molar-refractivity contribution in [3.05, 3.63) is 17.7 Å². The topological polar surface area (TPSA) is 63.2 Å². The third-order valence-electron chi connectivity index (χ3n) is 6.79. The number of rotatable bonds is 26. The molecule has 0 radical (unpaired) electrons. The summed E-state index contributed by atoms with van der Waals surface area (Å²) in [6.07, 6.45) is 20.9. The standard InChI is InChI=1S/C34H58O6/c1-6-10-14-18-24-37-30-28-31(38-25-19-15-11-7-2)34(40-27-21-17-13-9-4)33(39-26-20-16-12-8-3)29(30)22-23-32(35)36-5/h22-23,28H,6-21,24-27H2,1-5H3. The number of methoxy groups -OCH3 is 1. The van der Waals surface area contributed by atoms with Gasteiger partial charge in [-0.15, -0.1) is 0 Å². The molecule has 0 fully saturated rings. The first-order chi connectivity index (χ1) is 19.6. The molecule has 1 aromatic rings. The summed E-state index contributed by atoms with van der Waals surface area (Å²) in [4.78, 5) is 12.1. The Balaban J connectivity index is 3.44. The third-order valence-corrected chi connectivity index (χ3v) is 6.79. The van der Waals surface area contributed by atoms with Gasteiger partial charge in [-0.05, 0) is 31.8 Å². The minimum atomic E-state index is -0.430. The van der Waals surface area contributed by atoms with Gasteiger partial charge in [-0.3, -0.25) is 0 Å². The molecule has 0 heterocycles. The van der Waals surface area contributed by atoms with Crippen molar-refractivity contribution in [2.24, 2.45) is 0 Å². The largest absolute Gasteiger partial charge is 0.493 e. The molecule has 0 aliphatic carbocycles. The molecule has 0 spiro atoms. The fourth-order valence-electron chi connectivity index (χ4n) is 4.32. The van der Waals surface area contributed by atoms with E-state index < -0.39 is 5.97 Å². The van der Waals surface area contributed by atoms with Crippen LogP contribution in [0.3, 0.4) is 0 Å². The van der Waals surface area contributed by atoms with E-state index in [4.69, 9.17) is 23.7 Å². The molecular weight excluding hydrogens is 504 g/mol. The molecule has 0 N–H and O–H groups in total. The first-order valence-corrected chi connectivity index (χ1v) is 16.1. The van der Waals surface area contributed by atoms with Crippen LogP contribution in [0.4, 0.5) is 0 Å². The molecular formula is C34H58O6. The maximum absolute atomic E-state index is 12.1. The zero-order valence-electron chi connectivity index (χ0n) is 26.3. The predicted octanol–water partition coefficient (Wildman–Crippen LogP) is 9.71. The van der Waals surface area contributed by atoms with Crippen LogP contribution in [-0.4, -0.2) is 39.5 Å². The highest BCUT2D eigenvalue weighted by Crippen LogP contribution is 2.47. The van der Waals surface area contributed by atoms with Crippen LogP contribution >= 0.6 is 0 Å². The van der Waals surface area contributed by atoms with Crippen LogP contribution < -0.4 is 18.9 Å². The molecule has 0 aliphatic rings. The quantitative estimate of drug-likeness (QED) is 0.0636. The molecule has 0 unspecified atom stereocenters. The summed E-state index contributed by atoms with van der Waals surface area (Å²) in [5, 5.41) is 0. The number of hydrogen-bond acceptors (Lipinski definition) is 6. The first kappa shape index (κ1) is 35.7. The number of hydrogen-bond donors (Lipinski definition) is 0. The number of esters is 1. The highest BCUT2D eigenvalue weighted by molar-refractivity contribution is 5.89. The minimum Gasteiger partial charge on any atom is -0.493 e. The lowest BCUT2D eigenvalue weighted by Crippen LogP contribution is -2.09. The lowest BCUT2D eigenvalue weighted by molar-refractivity contribution is -0.134. The van der Waals surface area contributed by atoms with E-state index in [1.54, 1.807) is 6.08 Å². The van der Waals surface area contributed by atoms with E-state index >= 15 is 0 Å². The fraction of sp³-hybridized carbons (Fsp3) is 0.735. The zero-order chi connectivity index (χ0) is 29.3. The average Bonchev–Trinajstić information content (AvgIpc) is 2.96. The summed E-state index contributed by atoms with van der Waals surface area (Å²) < 4.78 is 30.4. The van der Waals surface area contributed by atoms with E-state index in [1.807, 2.05) is 6.07 Å². The van der Waals surface area contributed by atoms with Crippen molar-refractivity contribution in [3.8, 4) is 23.0 Å². The van der Waals surface area contributed by atoms with Crippen LogP contribution in [0.5, 0.6) is 23.0 Å². The molecule has 0 saturated heterocycles. The third kappa shape index (κ3) is 15.4. The van der Waals surface area contributed by atoms with Crippen molar-refractivity contribution >= 4 is 12.0 Å². The van der Waals surface area contributed by atoms with E-state index in [9.17, 15) is 4.79 Å². The van der Waals surface area contributed by atoms with Crippen LogP contribution in [-0.2, 0) is 9.53 Å². The molecule has 40 heavy (non-hydrogen) atoms. The molecule has 0 atom stereocenters. The number of benzene rings is 1. The number of carbonyl (C=O) groups is 1. The molecule has 0 saturated carbocycles. The molecule has 0 amide bonds. The van der Waals surface area contributed by atoms with E-state index in [0.29, 0.717) is 55.0 Å². The van der Waals surface area contributed by atoms with Gasteiger partial charge in [0, 0.05) is 12.1 Å². The van der Waals surface area contributed by atoms with Gasteiger partial charge in [0.05, 0.1) is 39.1 Å². The van der Waals surface area contributed by atoms with Crippen LogP contribution in [0, 0.1) is 0 Å². The molecule has 1 rings (SSSR count). The van der Waals surface area contributed by atoms with Crippen molar-refractivity contribution in [1.29, 1.82) is 0 Å². The highest BCUT2D eigenvalue weighted by atomic mass is 16.5. The Bertz CT molecular complexity index is 804. The number of ether oxygens (including phenoxy) is 5. The zero-order valence-corrected chi connectivity index (χ0v) is 26.3. The molecule has 1 aromatic carbocycles. The van der Waals surface area contributed by atoms with E-state index in [2.05, 4.69) is 27.7 Å².